The van der Waals surface area contributed by atoms with Gasteiger partial charge in [0.05, 0.1) is 12.4 Å². The number of aromatic nitrogens is 2. The van der Waals surface area contributed by atoms with Gasteiger partial charge in [-0.3, -0.25) is 0 Å². The molecule has 2 aromatic rings. The van der Waals surface area contributed by atoms with Gasteiger partial charge in [0.15, 0.2) is 0 Å². The van der Waals surface area contributed by atoms with Crippen molar-refractivity contribution in [3.8, 4) is 0 Å². The highest BCUT2D eigenvalue weighted by Gasteiger charge is 2.04. The molecule has 0 saturated carbocycles. The molecule has 0 bridgehead atoms. The van der Waals surface area contributed by atoms with Crippen LogP contribution in [0.5, 0.6) is 0 Å². The number of benzene rings is 1. The molecule has 0 saturated heterocycles. The molecule has 0 aliphatic heterocycles. The molecule has 0 fully saturated rings. The SMILES string of the molecule is CN(Cc1cccc(Br)c1)c1cnc(N)cn1. The van der Waals surface area contributed by atoms with E-state index < -0.39 is 0 Å². The van der Waals surface area contributed by atoms with E-state index in [0.29, 0.717) is 5.82 Å². The minimum absolute atomic E-state index is 0.435. The number of rotatable bonds is 3. The lowest BCUT2D eigenvalue weighted by molar-refractivity contribution is 0.890. The minimum atomic E-state index is 0.435. The van der Waals surface area contributed by atoms with Crippen LogP contribution in [0.3, 0.4) is 0 Å². The van der Waals surface area contributed by atoms with Crippen LogP contribution >= 0.6 is 15.9 Å². The third-order valence-corrected chi connectivity index (χ3v) is 2.85. The number of hydrogen-bond acceptors (Lipinski definition) is 4. The Bertz CT molecular complexity index is 498. The van der Waals surface area contributed by atoms with Crippen LogP contribution in [0.15, 0.2) is 41.1 Å². The Balaban J connectivity index is 2.11. The van der Waals surface area contributed by atoms with Gasteiger partial charge in [-0.15, -0.1) is 0 Å². The van der Waals surface area contributed by atoms with Gasteiger partial charge in [0, 0.05) is 18.1 Å². The van der Waals surface area contributed by atoms with Gasteiger partial charge in [0.25, 0.3) is 0 Å². The van der Waals surface area contributed by atoms with Gasteiger partial charge in [0.2, 0.25) is 0 Å². The maximum atomic E-state index is 5.50. The molecule has 1 aromatic carbocycles. The number of halogens is 1. The van der Waals surface area contributed by atoms with Crippen LogP contribution in [-0.2, 0) is 6.54 Å². The van der Waals surface area contributed by atoms with E-state index in [0.717, 1.165) is 16.8 Å². The summed E-state index contributed by atoms with van der Waals surface area (Å²) in [6, 6.07) is 8.18. The van der Waals surface area contributed by atoms with Gasteiger partial charge < -0.3 is 10.6 Å². The number of nitrogens with zero attached hydrogens (tertiary/aromatic N) is 3. The Labute approximate surface area is 109 Å². The van der Waals surface area contributed by atoms with Crippen molar-refractivity contribution in [3.63, 3.8) is 0 Å². The summed E-state index contributed by atoms with van der Waals surface area (Å²) in [6.45, 7) is 0.776. The molecule has 0 unspecified atom stereocenters. The van der Waals surface area contributed by atoms with E-state index in [1.165, 1.54) is 5.56 Å². The first-order valence-electron chi connectivity index (χ1n) is 5.18. The standard InChI is InChI=1S/C12H13BrN4/c1-17(12-7-15-11(14)6-16-12)8-9-3-2-4-10(13)5-9/h2-7H,8H2,1H3,(H2,14,15). The van der Waals surface area contributed by atoms with Crippen LogP contribution in [0, 0.1) is 0 Å². The smallest absolute Gasteiger partial charge is 0.147 e. The van der Waals surface area contributed by atoms with Crippen molar-refractivity contribution in [3.05, 3.63) is 46.7 Å². The van der Waals surface area contributed by atoms with Crippen LogP contribution in [0.4, 0.5) is 11.6 Å². The summed E-state index contributed by atoms with van der Waals surface area (Å²) < 4.78 is 1.08. The molecule has 4 nitrogen and oxygen atoms in total. The van der Waals surface area contributed by atoms with E-state index in [1.807, 2.05) is 24.1 Å². The second-order valence-corrected chi connectivity index (χ2v) is 4.70. The first-order chi connectivity index (χ1) is 8.15. The van der Waals surface area contributed by atoms with E-state index in [-0.39, 0.29) is 0 Å². The molecule has 2 rings (SSSR count). The monoisotopic (exact) mass is 292 g/mol. The predicted octanol–water partition coefficient (Wildman–Crippen LogP) is 2.46. The van der Waals surface area contributed by atoms with Crippen LogP contribution in [0.25, 0.3) is 0 Å². The van der Waals surface area contributed by atoms with Crippen LogP contribution in [0.1, 0.15) is 5.56 Å². The second kappa shape index (κ2) is 5.14. The molecule has 1 aromatic heterocycles. The van der Waals surface area contributed by atoms with Crippen molar-refractivity contribution in [2.75, 3.05) is 17.7 Å². The highest BCUT2D eigenvalue weighted by atomic mass is 79.9. The molecular formula is C12H13BrN4. The molecule has 0 spiro atoms. The molecule has 2 N–H and O–H groups in total. The van der Waals surface area contributed by atoms with Gasteiger partial charge in [0.1, 0.15) is 11.6 Å². The van der Waals surface area contributed by atoms with E-state index in [4.69, 9.17) is 5.73 Å². The van der Waals surface area contributed by atoms with Crippen molar-refractivity contribution in [1.29, 1.82) is 0 Å². The first kappa shape index (κ1) is 11.9. The quantitative estimate of drug-likeness (QED) is 0.944. The summed E-state index contributed by atoms with van der Waals surface area (Å²) in [4.78, 5) is 10.3. The number of anilines is 2. The summed E-state index contributed by atoms with van der Waals surface area (Å²) >= 11 is 3.45. The zero-order valence-corrected chi connectivity index (χ0v) is 11.1. The summed E-state index contributed by atoms with van der Waals surface area (Å²) in [5.74, 6) is 1.24. The summed E-state index contributed by atoms with van der Waals surface area (Å²) in [7, 11) is 1.97. The van der Waals surface area contributed by atoms with Gasteiger partial charge in [-0.2, -0.15) is 0 Å². The van der Waals surface area contributed by atoms with Crippen molar-refractivity contribution < 1.29 is 0 Å². The first-order valence-corrected chi connectivity index (χ1v) is 5.97. The molecule has 0 aliphatic rings. The fourth-order valence-corrected chi connectivity index (χ4v) is 1.97. The molecule has 1 heterocycles. The second-order valence-electron chi connectivity index (χ2n) is 3.79. The average Bonchev–Trinajstić information content (AvgIpc) is 2.29. The molecule has 5 heteroatoms. The fourth-order valence-electron chi connectivity index (χ4n) is 1.52. The molecule has 0 atom stereocenters. The largest absolute Gasteiger partial charge is 0.382 e. The zero-order chi connectivity index (χ0) is 12.3. The molecule has 88 valence electrons. The Morgan fingerprint density at radius 3 is 2.76 bits per heavy atom. The topological polar surface area (TPSA) is 55.0 Å². The van der Waals surface area contributed by atoms with Crippen LogP contribution in [0.2, 0.25) is 0 Å². The van der Waals surface area contributed by atoms with Gasteiger partial charge >= 0.3 is 0 Å². The van der Waals surface area contributed by atoms with Crippen LogP contribution < -0.4 is 10.6 Å². The van der Waals surface area contributed by atoms with Crippen molar-refractivity contribution in [1.82, 2.24) is 9.97 Å². The maximum Gasteiger partial charge on any atom is 0.147 e. The summed E-state index contributed by atoms with van der Waals surface area (Å²) in [5.41, 5.74) is 6.71. The average molecular weight is 293 g/mol. The fraction of sp³-hybridized carbons (Fsp3) is 0.167. The van der Waals surface area contributed by atoms with Gasteiger partial charge in [-0.25, -0.2) is 9.97 Å². The molecule has 0 radical (unpaired) electrons. The van der Waals surface area contributed by atoms with Crippen molar-refractivity contribution >= 4 is 27.6 Å². The number of hydrogen-bond donors (Lipinski definition) is 1. The number of nitrogens with two attached hydrogens (primary N) is 1. The van der Waals surface area contributed by atoms with Gasteiger partial charge in [-0.1, -0.05) is 28.1 Å². The Hall–Kier alpha value is -1.62. The zero-order valence-electron chi connectivity index (χ0n) is 9.47. The minimum Gasteiger partial charge on any atom is -0.382 e. The molecule has 17 heavy (non-hydrogen) atoms. The maximum absolute atomic E-state index is 5.50. The lowest BCUT2D eigenvalue weighted by atomic mass is 10.2. The van der Waals surface area contributed by atoms with Crippen LogP contribution in [-0.4, -0.2) is 17.0 Å². The Morgan fingerprint density at radius 1 is 1.29 bits per heavy atom. The van der Waals surface area contributed by atoms with E-state index in [9.17, 15) is 0 Å². The van der Waals surface area contributed by atoms with Crippen molar-refractivity contribution in [2.45, 2.75) is 6.54 Å². The predicted molar refractivity (Wildman–Crippen MR) is 72.7 cm³/mol. The summed E-state index contributed by atoms with van der Waals surface area (Å²) in [5, 5.41) is 0. The third-order valence-electron chi connectivity index (χ3n) is 2.36. The Kier molecular flexibility index (Phi) is 3.58. The highest BCUT2D eigenvalue weighted by Crippen LogP contribution is 2.15. The molecular weight excluding hydrogens is 280 g/mol. The Morgan fingerprint density at radius 2 is 2.12 bits per heavy atom. The number of nitrogen functional groups attached to an aromatic ring is 1. The highest BCUT2D eigenvalue weighted by molar-refractivity contribution is 9.10. The molecule has 0 aliphatic carbocycles. The third kappa shape index (κ3) is 3.17. The van der Waals surface area contributed by atoms with E-state index >= 15 is 0 Å². The summed E-state index contributed by atoms with van der Waals surface area (Å²) in [6.07, 6.45) is 3.24. The van der Waals surface area contributed by atoms with E-state index in [1.54, 1.807) is 12.4 Å². The lowest BCUT2D eigenvalue weighted by Gasteiger charge is -2.17. The van der Waals surface area contributed by atoms with Crippen molar-refractivity contribution in [2.24, 2.45) is 0 Å². The lowest BCUT2D eigenvalue weighted by Crippen LogP contribution is -2.18. The normalized spacial score (nSPS) is 10.2. The molecule has 0 amide bonds. The van der Waals surface area contributed by atoms with Gasteiger partial charge in [-0.05, 0) is 17.7 Å². The van der Waals surface area contributed by atoms with E-state index in [2.05, 4.69) is 38.0 Å².